The van der Waals surface area contributed by atoms with Gasteiger partial charge in [-0.3, -0.25) is 4.79 Å². The first-order chi connectivity index (χ1) is 12.6. The molecule has 0 spiro atoms. The van der Waals surface area contributed by atoms with Gasteiger partial charge in [0.1, 0.15) is 17.4 Å². The Morgan fingerprint density at radius 1 is 1.23 bits per heavy atom. The number of benzene rings is 2. The van der Waals surface area contributed by atoms with Gasteiger partial charge in [0.15, 0.2) is 0 Å². The molecule has 2 heterocycles. The van der Waals surface area contributed by atoms with E-state index in [4.69, 9.17) is 4.74 Å². The SMILES string of the molecule is COc1cccc(C2CC(=O)Nc3c2c(C)nn3-c2ccc(F)cc2)c1. The van der Waals surface area contributed by atoms with E-state index in [1.54, 1.807) is 23.9 Å². The van der Waals surface area contributed by atoms with Gasteiger partial charge in [0.05, 0.1) is 18.5 Å². The zero-order valence-electron chi connectivity index (χ0n) is 14.5. The van der Waals surface area contributed by atoms with E-state index in [0.717, 1.165) is 22.6 Å². The van der Waals surface area contributed by atoms with E-state index in [2.05, 4.69) is 10.4 Å². The number of carbonyl (C=O) groups is 1. The number of nitrogens with zero attached hydrogens (tertiary/aromatic N) is 2. The minimum absolute atomic E-state index is 0.0754. The second-order valence-corrected chi connectivity index (χ2v) is 6.32. The van der Waals surface area contributed by atoms with Crippen molar-refractivity contribution in [1.29, 1.82) is 0 Å². The monoisotopic (exact) mass is 351 g/mol. The van der Waals surface area contributed by atoms with E-state index >= 15 is 0 Å². The number of hydrogen-bond donors (Lipinski definition) is 1. The highest BCUT2D eigenvalue weighted by molar-refractivity contribution is 5.95. The number of rotatable bonds is 3. The first-order valence-corrected chi connectivity index (χ1v) is 8.36. The molecule has 1 atom stereocenters. The summed E-state index contributed by atoms with van der Waals surface area (Å²) in [6, 6.07) is 13.8. The highest BCUT2D eigenvalue weighted by Gasteiger charge is 2.32. The lowest BCUT2D eigenvalue weighted by molar-refractivity contribution is -0.116. The van der Waals surface area contributed by atoms with Gasteiger partial charge in [0, 0.05) is 17.9 Å². The van der Waals surface area contributed by atoms with Gasteiger partial charge in [0.25, 0.3) is 0 Å². The lowest BCUT2D eigenvalue weighted by atomic mass is 9.85. The molecule has 3 aromatic rings. The van der Waals surface area contributed by atoms with E-state index in [1.165, 1.54) is 12.1 Å². The zero-order chi connectivity index (χ0) is 18.3. The lowest BCUT2D eigenvalue weighted by Crippen LogP contribution is -2.25. The molecule has 0 fully saturated rings. The topological polar surface area (TPSA) is 56.1 Å². The van der Waals surface area contributed by atoms with E-state index in [9.17, 15) is 9.18 Å². The van der Waals surface area contributed by atoms with E-state index in [-0.39, 0.29) is 17.6 Å². The van der Waals surface area contributed by atoms with Crippen LogP contribution in [0.5, 0.6) is 5.75 Å². The predicted molar refractivity (Wildman–Crippen MR) is 96.3 cm³/mol. The third-order valence-electron chi connectivity index (χ3n) is 4.67. The fourth-order valence-electron chi connectivity index (χ4n) is 3.46. The van der Waals surface area contributed by atoms with Crippen molar-refractivity contribution in [2.75, 3.05) is 12.4 Å². The molecule has 5 nitrogen and oxygen atoms in total. The van der Waals surface area contributed by atoms with Crippen LogP contribution in [0.25, 0.3) is 5.69 Å². The number of carbonyl (C=O) groups excluding carboxylic acids is 1. The summed E-state index contributed by atoms with van der Waals surface area (Å²) in [4.78, 5) is 12.4. The smallest absolute Gasteiger partial charge is 0.226 e. The third-order valence-corrected chi connectivity index (χ3v) is 4.67. The Bertz CT molecular complexity index is 979. The number of amides is 1. The average molecular weight is 351 g/mol. The maximum atomic E-state index is 13.3. The molecule has 0 radical (unpaired) electrons. The maximum absolute atomic E-state index is 13.3. The number of methoxy groups -OCH3 is 1. The standard InChI is InChI=1S/C20H18FN3O2/c1-12-19-17(13-4-3-5-16(10-13)26-2)11-18(25)22-20(19)24(23-12)15-8-6-14(21)7-9-15/h3-10,17H,11H2,1-2H3,(H,22,25). The summed E-state index contributed by atoms with van der Waals surface area (Å²) in [6.45, 7) is 1.92. The Labute approximate surface area is 150 Å². The molecule has 4 rings (SSSR count). The summed E-state index contributed by atoms with van der Waals surface area (Å²) in [7, 11) is 1.62. The van der Waals surface area contributed by atoms with Crippen LogP contribution >= 0.6 is 0 Å². The van der Waals surface area contributed by atoms with Gasteiger partial charge in [-0.1, -0.05) is 12.1 Å². The van der Waals surface area contributed by atoms with Crippen LogP contribution in [0.4, 0.5) is 10.2 Å². The van der Waals surface area contributed by atoms with E-state index in [0.29, 0.717) is 17.9 Å². The van der Waals surface area contributed by atoms with Gasteiger partial charge in [-0.15, -0.1) is 0 Å². The van der Waals surface area contributed by atoms with Crippen LogP contribution < -0.4 is 10.1 Å². The quantitative estimate of drug-likeness (QED) is 0.781. The van der Waals surface area contributed by atoms with Crippen LogP contribution in [0.15, 0.2) is 48.5 Å². The van der Waals surface area contributed by atoms with Crippen molar-refractivity contribution in [3.05, 3.63) is 71.2 Å². The Morgan fingerprint density at radius 2 is 2.00 bits per heavy atom. The lowest BCUT2D eigenvalue weighted by Gasteiger charge is -2.24. The number of hydrogen-bond acceptors (Lipinski definition) is 3. The Kier molecular flexibility index (Phi) is 3.95. The van der Waals surface area contributed by atoms with Crippen LogP contribution in [-0.4, -0.2) is 22.8 Å². The molecule has 0 saturated heterocycles. The Balaban J connectivity index is 1.85. The van der Waals surface area contributed by atoms with Crippen molar-refractivity contribution in [2.45, 2.75) is 19.3 Å². The Morgan fingerprint density at radius 3 is 2.73 bits per heavy atom. The second kappa shape index (κ2) is 6.29. The van der Waals surface area contributed by atoms with Gasteiger partial charge in [0.2, 0.25) is 5.91 Å². The summed E-state index contributed by atoms with van der Waals surface area (Å²) in [5.41, 5.74) is 3.50. The van der Waals surface area contributed by atoms with Gasteiger partial charge in [-0.2, -0.15) is 5.10 Å². The predicted octanol–water partition coefficient (Wildman–Crippen LogP) is 3.80. The molecule has 1 unspecified atom stereocenters. The van der Waals surface area contributed by atoms with Crippen LogP contribution in [0, 0.1) is 12.7 Å². The molecule has 6 heteroatoms. The van der Waals surface area contributed by atoms with Crippen LogP contribution in [0.3, 0.4) is 0 Å². The summed E-state index contributed by atoms with van der Waals surface area (Å²) in [5, 5.41) is 7.52. The van der Waals surface area contributed by atoms with Gasteiger partial charge in [-0.05, 0) is 48.9 Å². The van der Waals surface area contributed by atoms with Crippen LogP contribution in [0.1, 0.15) is 29.2 Å². The van der Waals surface area contributed by atoms with Crippen molar-refractivity contribution < 1.29 is 13.9 Å². The number of nitrogens with one attached hydrogen (secondary N) is 1. The summed E-state index contributed by atoms with van der Waals surface area (Å²) in [5.74, 6) is 0.887. The van der Waals surface area contributed by atoms with Gasteiger partial charge >= 0.3 is 0 Å². The van der Waals surface area contributed by atoms with Crippen molar-refractivity contribution >= 4 is 11.7 Å². The normalized spacial score (nSPS) is 16.1. The van der Waals surface area contributed by atoms with Gasteiger partial charge < -0.3 is 10.1 Å². The molecule has 1 aromatic heterocycles. The van der Waals surface area contributed by atoms with Crippen molar-refractivity contribution in [3.8, 4) is 11.4 Å². The molecule has 1 N–H and O–H groups in total. The van der Waals surface area contributed by atoms with Crippen molar-refractivity contribution in [2.24, 2.45) is 0 Å². The molecular formula is C20H18FN3O2. The molecule has 0 bridgehead atoms. The molecule has 1 amide bonds. The fraction of sp³-hybridized carbons (Fsp3) is 0.200. The van der Waals surface area contributed by atoms with Gasteiger partial charge in [-0.25, -0.2) is 9.07 Å². The molecular weight excluding hydrogens is 333 g/mol. The molecule has 1 aliphatic heterocycles. The molecule has 0 aliphatic carbocycles. The number of ether oxygens (including phenoxy) is 1. The van der Waals surface area contributed by atoms with Crippen molar-refractivity contribution in [1.82, 2.24) is 9.78 Å². The highest BCUT2D eigenvalue weighted by atomic mass is 19.1. The first-order valence-electron chi connectivity index (χ1n) is 8.36. The number of anilines is 1. The van der Waals surface area contributed by atoms with Crippen molar-refractivity contribution in [3.63, 3.8) is 0 Å². The summed E-state index contributed by atoms with van der Waals surface area (Å²) in [6.07, 6.45) is 0.343. The molecule has 132 valence electrons. The number of aryl methyl sites for hydroxylation is 1. The Hall–Kier alpha value is -3.15. The average Bonchev–Trinajstić information content (AvgIpc) is 2.98. The highest BCUT2D eigenvalue weighted by Crippen LogP contribution is 2.40. The summed E-state index contributed by atoms with van der Waals surface area (Å²) < 4.78 is 20.2. The first kappa shape index (κ1) is 16.3. The number of halogens is 1. The number of fused-ring (bicyclic) bond motifs is 1. The number of aromatic nitrogens is 2. The minimum Gasteiger partial charge on any atom is -0.497 e. The molecule has 26 heavy (non-hydrogen) atoms. The molecule has 0 saturated carbocycles. The fourth-order valence-corrected chi connectivity index (χ4v) is 3.46. The zero-order valence-corrected chi connectivity index (χ0v) is 14.5. The van der Waals surface area contributed by atoms with E-state index < -0.39 is 0 Å². The maximum Gasteiger partial charge on any atom is 0.226 e. The van der Waals surface area contributed by atoms with Crippen LogP contribution in [0.2, 0.25) is 0 Å². The third kappa shape index (κ3) is 2.73. The summed E-state index contributed by atoms with van der Waals surface area (Å²) >= 11 is 0. The minimum atomic E-state index is -0.315. The second-order valence-electron chi connectivity index (χ2n) is 6.32. The van der Waals surface area contributed by atoms with Crippen LogP contribution in [-0.2, 0) is 4.79 Å². The largest absolute Gasteiger partial charge is 0.497 e. The molecule has 2 aromatic carbocycles. The van der Waals surface area contributed by atoms with E-state index in [1.807, 2.05) is 31.2 Å². The molecule has 1 aliphatic rings.